The van der Waals surface area contributed by atoms with Crippen LogP contribution in [0.1, 0.15) is 47.1 Å². The average Bonchev–Trinajstić information content (AvgIpc) is 3.50. The van der Waals surface area contributed by atoms with E-state index in [1.54, 1.807) is 17.0 Å². The SMILES string of the molecule is Cc1cc(C)n(CCN(C(=O)c2ccc(S(=O)(=O)N3CCOCC3)cc2)c2nc3c(C(C)C)cccc3s2)n1. The summed E-state index contributed by atoms with van der Waals surface area (Å²) in [6.45, 7) is 10.5. The molecule has 2 aromatic carbocycles. The average molecular weight is 568 g/mol. The Balaban J connectivity index is 1.47. The van der Waals surface area contributed by atoms with E-state index in [0.29, 0.717) is 56.0 Å². The molecule has 0 saturated carbocycles. The van der Waals surface area contributed by atoms with Crippen molar-refractivity contribution in [2.45, 2.75) is 45.1 Å². The van der Waals surface area contributed by atoms with Crippen LogP contribution in [0.3, 0.4) is 0 Å². The first-order valence-electron chi connectivity index (χ1n) is 13.1. The lowest BCUT2D eigenvalue weighted by molar-refractivity contribution is 0.0730. The number of fused-ring (bicyclic) bond motifs is 1. The lowest BCUT2D eigenvalue weighted by Crippen LogP contribution is -2.40. The van der Waals surface area contributed by atoms with Crippen LogP contribution in [0.5, 0.6) is 0 Å². The predicted molar refractivity (Wildman–Crippen MR) is 153 cm³/mol. The number of rotatable bonds is 8. The number of aryl methyl sites for hydroxylation is 2. The third kappa shape index (κ3) is 5.62. The molecule has 1 aliphatic heterocycles. The van der Waals surface area contributed by atoms with E-state index in [2.05, 4.69) is 25.0 Å². The van der Waals surface area contributed by atoms with Gasteiger partial charge in [-0.15, -0.1) is 0 Å². The van der Waals surface area contributed by atoms with E-state index >= 15 is 0 Å². The van der Waals surface area contributed by atoms with Crippen LogP contribution in [0.4, 0.5) is 5.13 Å². The molecule has 1 saturated heterocycles. The summed E-state index contributed by atoms with van der Waals surface area (Å²) in [6.07, 6.45) is 0. The molecule has 1 fully saturated rings. The van der Waals surface area contributed by atoms with E-state index in [1.807, 2.05) is 36.7 Å². The number of sulfonamides is 1. The van der Waals surface area contributed by atoms with Crippen molar-refractivity contribution in [2.75, 3.05) is 37.7 Å². The summed E-state index contributed by atoms with van der Waals surface area (Å²) in [5.41, 5.74) is 4.38. The van der Waals surface area contributed by atoms with Gasteiger partial charge in [-0.25, -0.2) is 13.4 Å². The molecule has 39 heavy (non-hydrogen) atoms. The van der Waals surface area contributed by atoms with Crippen molar-refractivity contribution in [3.05, 3.63) is 71.0 Å². The van der Waals surface area contributed by atoms with Crippen LogP contribution in [0, 0.1) is 13.8 Å². The molecular formula is C28H33N5O4S2. The van der Waals surface area contributed by atoms with Crippen LogP contribution < -0.4 is 4.90 Å². The number of hydrogen-bond acceptors (Lipinski definition) is 7. The number of carbonyl (C=O) groups excluding carboxylic acids is 1. The maximum absolute atomic E-state index is 13.9. The number of anilines is 1. The number of aromatic nitrogens is 3. The second-order valence-corrected chi connectivity index (χ2v) is 12.9. The molecule has 2 aromatic heterocycles. The smallest absolute Gasteiger partial charge is 0.260 e. The molecule has 206 valence electrons. The highest BCUT2D eigenvalue weighted by Crippen LogP contribution is 2.34. The van der Waals surface area contributed by atoms with E-state index in [-0.39, 0.29) is 10.8 Å². The van der Waals surface area contributed by atoms with Gasteiger partial charge < -0.3 is 4.74 Å². The molecule has 0 bridgehead atoms. The number of thiazole rings is 1. The molecular weight excluding hydrogens is 534 g/mol. The lowest BCUT2D eigenvalue weighted by atomic mass is 10.0. The zero-order valence-corrected chi connectivity index (χ0v) is 24.3. The summed E-state index contributed by atoms with van der Waals surface area (Å²) in [7, 11) is -3.65. The van der Waals surface area contributed by atoms with Crippen LogP contribution in [0.2, 0.25) is 0 Å². The standard InChI is InChI=1S/C28H33N5O4S2/c1-19(2)24-6-5-7-25-26(24)29-28(38-25)32(12-13-33-21(4)18-20(3)30-33)27(34)22-8-10-23(11-9-22)39(35,36)31-14-16-37-17-15-31/h5-11,18-19H,12-17H2,1-4H3. The second-order valence-electron chi connectivity index (χ2n) is 9.99. The van der Waals surface area contributed by atoms with Crippen molar-refractivity contribution in [2.24, 2.45) is 0 Å². The number of para-hydroxylation sites is 1. The first-order chi connectivity index (χ1) is 18.6. The third-order valence-electron chi connectivity index (χ3n) is 6.88. The van der Waals surface area contributed by atoms with E-state index in [1.165, 1.54) is 27.8 Å². The van der Waals surface area contributed by atoms with Gasteiger partial charge in [0.05, 0.1) is 40.6 Å². The molecule has 0 atom stereocenters. The Morgan fingerprint density at radius 1 is 1.10 bits per heavy atom. The Morgan fingerprint density at radius 2 is 1.82 bits per heavy atom. The van der Waals surface area contributed by atoms with E-state index in [0.717, 1.165) is 27.2 Å². The quantitative estimate of drug-likeness (QED) is 0.309. The van der Waals surface area contributed by atoms with Gasteiger partial charge in [-0.2, -0.15) is 9.40 Å². The van der Waals surface area contributed by atoms with Gasteiger partial charge in [0.2, 0.25) is 10.0 Å². The molecule has 9 nitrogen and oxygen atoms in total. The molecule has 11 heteroatoms. The molecule has 1 amide bonds. The number of benzene rings is 2. The summed E-state index contributed by atoms with van der Waals surface area (Å²) < 4.78 is 35.7. The van der Waals surface area contributed by atoms with Crippen molar-refractivity contribution in [3.63, 3.8) is 0 Å². The van der Waals surface area contributed by atoms with Crippen LogP contribution in [0.25, 0.3) is 10.2 Å². The summed E-state index contributed by atoms with van der Waals surface area (Å²) in [4.78, 5) is 20.7. The van der Waals surface area contributed by atoms with Gasteiger partial charge in [-0.05, 0) is 61.7 Å². The monoisotopic (exact) mass is 567 g/mol. The fraction of sp³-hybridized carbons (Fsp3) is 0.393. The number of amides is 1. The normalized spacial score (nSPS) is 14.8. The highest BCUT2D eigenvalue weighted by atomic mass is 32.2. The maximum atomic E-state index is 13.9. The second kappa shape index (κ2) is 11.2. The number of ether oxygens (including phenoxy) is 1. The van der Waals surface area contributed by atoms with Gasteiger partial charge in [-0.3, -0.25) is 14.4 Å². The minimum absolute atomic E-state index is 0.164. The Bertz CT molecular complexity index is 1590. The van der Waals surface area contributed by atoms with Crippen molar-refractivity contribution in [1.82, 2.24) is 19.1 Å². The van der Waals surface area contributed by atoms with Gasteiger partial charge in [0.25, 0.3) is 5.91 Å². The van der Waals surface area contributed by atoms with Gasteiger partial charge >= 0.3 is 0 Å². The first kappa shape index (κ1) is 27.4. The Kier molecular flexibility index (Phi) is 7.86. The van der Waals surface area contributed by atoms with Crippen LogP contribution >= 0.6 is 11.3 Å². The maximum Gasteiger partial charge on any atom is 0.260 e. The van der Waals surface area contributed by atoms with Gasteiger partial charge in [0.1, 0.15) is 0 Å². The zero-order valence-electron chi connectivity index (χ0n) is 22.6. The number of morpholine rings is 1. The Hall–Kier alpha value is -3.12. The molecule has 4 aromatic rings. The molecule has 0 N–H and O–H groups in total. The molecule has 3 heterocycles. The highest BCUT2D eigenvalue weighted by Gasteiger charge is 2.28. The number of nitrogens with zero attached hydrogens (tertiary/aromatic N) is 5. The van der Waals surface area contributed by atoms with Crippen molar-refractivity contribution in [1.29, 1.82) is 0 Å². The van der Waals surface area contributed by atoms with Crippen LogP contribution in [0.15, 0.2) is 53.4 Å². The number of carbonyl (C=O) groups is 1. The van der Waals surface area contributed by atoms with Crippen LogP contribution in [-0.2, 0) is 21.3 Å². The summed E-state index contributed by atoms with van der Waals surface area (Å²) >= 11 is 1.48. The van der Waals surface area contributed by atoms with E-state index < -0.39 is 10.0 Å². The molecule has 5 rings (SSSR count). The Morgan fingerprint density at radius 3 is 2.46 bits per heavy atom. The molecule has 1 aliphatic rings. The van der Waals surface area contributed by atoms with Crippen molar-refractivity contribution >= 4 is 42.6 Å². The zero-order chi connectivity index (χ0) is 27.7. The van der Waals surface area contributed by atoms with Crippen molar-refractivity contribution < 1.29 is 17.9 Å². The summed E-state index contributed by atoms with van der Waals surface area (Å²) in [5.74, 6) is 0.0560. The highest BCUT2D eigenvalue weighted by molar-refractivity contribution is 7.89. The Labute approximate surface area is 233 Å². The van der Waals surface area contributed by atoms with E-state index in [9.17, 15) is 13.2 Å². The minimum Gasteiger partial charge on any atom is -0.379 e. The molecule has 0 spiro atoms. The first-order valence-corrected chi connectivity index (χ1v) is 15.3. The fourth-order valence-corrected chi connectivity index (χ4v) is 7.21. The third-order valence-corrected chi connectivity index (χ3v) is 9.84. The molecule has 0 unspecified atom stereocenters. The molecule has 0 aliphatic carbocycles. The van der Waals surface area contributed by atoms with Crippen molar-refractivity contribution in [3.8, 4) is 0 Å². The minimum atomic E-state index is -3.65. The molecule has 0 radical (unpaired) electrons. The van der Waals surface area contributed by atoms with Gasteiger partial charge in [0, 0.05) is 30.9 Å². The predicted octanol–water partition coefficient (Wildman–Crippen LogP) is 4.60. The van der Waals surface area contributed by atoms with Gasteiger partial charge in [-0.1, -0.05) is 37.3 Å². The summed E-state index contributed by atoms with van der Waals surface area (Å²) in [6, 6.07) is 14.3. The van der Waals surface area contributed by atoms with E-state index in [4.69, 9.17) is 9.72 Å². The van der Waals surface area contributed by atoms with Gasteiger partial charge in [0.15, 0.2) is 5.13 Å². The fourth-order valence-electron chi connectivity index (χ4n) is 4.78. The number of hydrogen-bond donors (Lipinski definition) is 0. The van der Waals surface area contributed by atoms with Crippen LogP contribution in [-0.4, -0.2) is 66.2 Å². The summed E-state index contributed by atoms with van der Waals surface area (Å²) in [5, 5.41) is 5.16. The lowest BCUT2D eigenvalue weighted by Gasteiger charge is -2.26. The topological polar surface area (TPSA) is 97.6 Å². The largest absolute Gasteiger partial charge is 0.379 e.